The molecule has 1 aromatic heterocycles. The van der Waals surface area contributed by atoms with E-state index in [0.29, 0.717) is 53.7 Å². The summed E-state index contributed by atoms with van der Waals surface area (Å²) in [6.45, 7) is 6.61. The summed E-state index contributed by atoms with van der Waals surface area (Å²) in [5.41, 5.74) is 2.01. The summed E-state index contributed by atoms with van der Waals surface area (Å²) in [6, 6.07) is 18.8. The summed E-state index contributed by atoms with van der Waals surface area (Å²) in [5, 5.41) is 11.5. The molecular formula is C30H33N5O5. The number of para-hydroxylation sites is 1. The van der Waals surface area contributed by atoms with Crippen LogP contribution in [-0.2, 0) is 16.1 Å². The second-order valence-electron chi connectivity index (χ2n) is 10.2. The Labute approximate surface area is 232 Å². The minimum absolute atomic E-state index is 0.133. The van der Waals surface area contributed by atoms with E-state index in [4.69, 9.17) is 14.2 Å². The molecule has 3 aromatic carbocycles. The molecule has 40 heavy (non-hydrogen) atoms. The number of fused-ring (bicyclic) bond motifs is 2. The van der Waals surface area contributed by atoms with Gasteiger partial charge in [0.2, 0.25) is 11.8 Å². The van der Waals surface area contributed by atoms with Crippen LogP contribution in [0.1, 0.15) is 38.8 Å². The van der Waals surface area contributed by atoms with Crippen molar-refractivity contribution >= 4 is 28.5 Å². The zero-order valence-electron chi connectivity index (χ0n) is 23.1. The van der Waals surface area contributed by atoms with E-state index in [-0.39, 0.29) is 18.4 Å². The Morgan fingerprint density at radius 2 is 1.77 bits per heavy atom. The van der Waals surface area contributed by atoms with Crippen LogP contribution in [0, 0.1) is 0 Å². The van der Waals surface area contributed by atoms with Crippen molar-refractivity contribution in [3.05, 3.63) is 72.3 Å². The maximum atomic E-state index is 14.3. The summed E-state index contributed by atoms with van der Waals surface area (Å²) in [7, 11) is 1.58. The van der Waals surface area contributed by atoms with Crippen LogP contribution in [0.15, 0.2) is 66.7 Å². The molecule has 0 bridgehead atoms. The van der Waals surface area contributed by atoms with Crippen molar-refractivity contribution in [1.29, 1.82) is 0 Å². The number of anilines is 1. The summed E-state index contributed by atoms with van der Waals surface area (Å²) < 4.78 is 18.4. The fourth-order valence-electron chi connectivity index (χ4n) is 4.55. The predicted molar refractivity (Wildman–Crippen MR) is 151 cm³/mol. The predicted octanol–water partition coefficient (Wildman–Crippen LogP) is 4.29. The lowest BCUT2D eigenvalue weighted by atomic mass is 9.98. The third-order valence-corrected chi connectivity index (χ3v) is 7.06. The number of nitrogens with one attached hydrogen (secondary N) is 1. The molecule has 2 amide bonds. The molecule has 1 atom stereocenters. The minimum atomic E-state index is -0.999. The SMILES string of the molecule is CCC(C)(C)NC(=O)C(c1ccc(OC)cc1)N(C(=O)Cn1nnc2ccccc21)c1ccc2c(c1)OCCO2. The van der Waals surface area contributed by atoms with E-state index in [2.05, 4.69) is 15.6 Å². The fourth-order valence-corrected chi connectivity index (χ4v) is 4.55. The Hall–Kier alpha value is -4.60. The van der Waals surface area contributed by atoms with E-state index in [9.17, 15) is 9.59 Å². The molecule has 1 aliphatic rings. The molecule has 208 valence electrons. The highest BCUT2D eigenvalue weighted by molar-refractivity contribution is 6.02. The maximum Gasteiger partial charge on any atom is 0.249 e. The van der Waals surface area contributed by atoms with Crippen molar-refractivity contribution < 1.29 is 23.8 Å². The van der Waals surface area contributed by atoms with Gasteiger partial charge in [0.1, 0.15) is 37.1 Å². The zero-order chi connectivity index (χ0) is 28.3. The largest absolute Gasteiger partial charge is 0.497 e. The van der Waals surface area contributed by atoms with Crippen LogP contribution in [0.4, 0.5) is 5.69 Å². The molecule has 0 saturated heterocycles. The third-order valence-electron chi connectivity index (χ3n) is 7.06. The number of hydrogen-bond acceptors (Lipinski definition) is 7. The number of amides is 2. The molecule has 0 radical (unpaired) electrons. The summed E-state index contributed by atoms with van der Waals surface area (Å²) in [6.07, 6.45) is 0.705. The molecule has 0 fully saturated rings. The molecule has 0 saturated carbocycles. The number of benzene rings is 3. The molecule has 10 heteroatoms. The number of aromatic nitrogens is 3. The van der Waals surface area contributed by atoms with Gasteiger partial charge in [0.05, 0.1) is 12.6 Å². The molecule has 5 rings (SSSR count). The number of methoxy groups -OCH3 is 1. The lowest BCUT2D eigenvalue weighted by molar-refractivity contribution is -0.128. The number of hydrogen-bond donors (Lipinski definition) is 1. The van der Waals surface area contributed by atoms with Gasteiger partial charge in [0.25, 0.3) is 0 Å². The van der Waals surface area contributed by atoms with Gasteiger partial charge in [-0.3, -0.25) is 14.5 Å². The van der Waals surface area contributed by atoms with Crippen LogP contribution >= 0.6 is 0 Å². The number of carbonyl (C=O) groups excluding carboxylic acids is 2. The number of rotatable bonds is 9. The zero-order valence-corrected chi connectivity index (χ0v) is 23.1. The smallest absolute Gasteiger partial charge is 0.249 e. The number of carbonyl (C=O) groups is 2. The molecule has 10 nitrogen and oxygen atoms in total. The van der Waals surface area contributed by atoms with Crippen molar-refractivity contribution in [2.45, 2.75) is 45.3 Å². The first kappa shape index (κ1) is 27.0. The van der Waals surface area contributed by atoms with Crippen LogP contribution in [0.5, 0.6) is 17.2 Å². The van der Waals surface area contributed by atoms with Crippen molar-refractivity contribution in [2.24, 2.45) is 0 Å². The average molecular weight is 544 g/mol. The second kappa shape index (κ2) is 11.3. The van der Waals surface area contributed by atoms with Crippen molar-refractivity contribution in [3.63, 3.8) is 0 Å². The van der Waals surface area contributed by atoms with Gasteiger partial charge in [0.15, 0.2) is 11.5 Å². The van der Waals surface area contributed by atoms with E-state index < -0.39 is 11.6 Å². The summed E-state index contributed by atoms with van der Waals surface area (Å²) in [5.74, 6) is 1.07. The Morgan fingerprint density at radius 1 is 1.05 bits per heavy atom. The lowest BCUT2D eigenvalue weighted by Gasteiger charge is -2.35. The highest BCUT2D eigenvalue weighted by atomic mass is 16.6. The van der Waals surface area contributed by atoms with Crippen LogP contribution in [-0.4, -0.2) is 52.7 Å². The molecular weight excluding hydrogens is 510 g/mol. The first-order valence-electron chi connectivity index (χ1n) is 13.3. The topological polar surface area (TPSA) is 108 Å². The first-order chi connectivity index (χ1) is 19.3. The first-order valence-corrected chi connectivity index (χ1v) is 13.3. The fraction of sp³-hybridized carbons (Fsp3) is 0.333. The average Bonchev–Trinajstić information content (AvgIpc) is 3.38. The molecule has 0 spiro atoms. The minimum Gasteiger partial charge on any atom is -0.497 e. The van der Waals surface area contributed by atoms with Crippen LogP contribution in [0.3, 0.4) is 0 Å². The van der Waals surface area contributed by atoms with Gasteiger partial charge in [0, 0.05) is 17.3 Å². The van der Waals surface area contributed by atoms with Gasteiger partial charge in [-0.25, -0.2) is 4.68 Å². The van der Waals surface area contributed by atoms with Crippen LogP contribution < -0.4 is 24.4 Å². The monoisotopic (exact) mass is 543 g/mol. The molecule has 0 aliphatic carbocycles. The van der Waals surface area contributed by atoms with Gasteiger partial charge in [-0.1, -0.05) is 36.4 Å². The van der Waals surface area contributed by atoms with Crippen molar-refractivity contribution in [2.75, 3.05) is 25.2 Å². The van der Waals surface area contributed by atoms with Crippen molar-refractivity contribution in [1.82, 2.24) is 20.3 Å². The molecule has 1 N–H and O–H groups in total. The third kappa shape index (κ3) is 5.56. The highest BCUT2D eigenvalue weighted by Gasteiger charge is 2.36. The second-order valence-corrected chi connectivity index (χ2v) is 10.2. The maximum absolute atomic E-state index is 14.3. The quantitative estimate of drug-likeness (QED) is 0.336. The van der Waals surface area contributed by atoms with Gasteiger partial charge in [-0.05, 0) is 62.2 Å². The van der Waals surface area contributed by atoms with Crippen molar-refractivity contribution in [3.8, 4) is 17.2 Å². The van der Waals surface area contributed by atoms with E-state index in [1.807, 2.05) is 45.0 Å². The standard InChI is InChI=1S/C30H33N5O5/c1-5-30(2,3)31-29(37)28(20-10-13-22(38-4)14-11-20)35(21-12-15-25-26(18-21)40-17-16-39-25)27(36)19-34-24-9-7-6-8-23(24)32-33-34/h6-15,18,28H,5,16-17,19H2,1-4H3,(H,31,37). The molecule has 1 aliphatic heterocycles. The normalized spacial score (nSPS) is 13.5. The highest BCUT2D eigenvalue weighted by Crippen LogP contribution is 2.38. The van der Waals surface area contributed by atoms with Crippen LogP contribution in [0.25, 0.3) is 11.0 Å². The Bertz CT molecular complexity index is 1510. The van der Waals surface area contributed by atoms with Gasteiger partial charge < -0.3 is 19.5 Å². The Balaban J connectivity index is 1.62. The van der Waals surface area contributed by atoms with Gasteiger partial charge in [-0.15, -0.1) is 5.10 Å². The van der Waals surface area contributed by atoms with E-state index in [1.165, 1.54) is 4.90 Å². The van der Waals surface area contributed by atoms with Gasteiger partial charge in [-0.2, -0.15) is 0 Å². The number of nitrogens with zero attached hydrogens (tertiary/aromatic N) is 4. The van der Waals surface area contributed by atoms with Crippen LogP contribution in [0.2, 0.25) is 0 Å². The van der Waals surface area contributed by atoms with E-state index >= 15 is 0 Å². The Kier molecular flexibility index (Phi) is 7.59. The molecule has 4 aromatic rings. The molecule has 2 heterocycles. The van der Waals surface area contributed by atoms with E-state index in [0.717, 1.165) is 5.52 Å². The Morgan fingerprint density at radius 3 is 2.50 bits per heavy atom. The lowest BCUT2D eigenvalue weighted by Crippen LogP contribution is -2.51. The summed E-state index contributed by atoms with van der Waals surface area (Å²) >= 11 is 0. The van der Waals surface area contributed by atoms with Gasteiger partial charge >= 0.3 is 0 Å². The summed E-state index contributed by atoms with van der Waals surface area (Å²) in [4.78, 5) is 29.8. The van der Waals surface area contributed by atoms with E-state index in [1.54, 1.807) is 54.3 Å². The molecule has 1 unspecified atom stereocenters. The number of ether oxygens (including phenoxy) is 3.